The average Bonchev–Trinajstić information content (AvgIpc) is 2.16. The van der Waals surface area contributed by atoms with Gasteiger partial charge in [0.25, 0.3) is 0 Å². The Bertz CT molecular complexity index is 332. The largest absolute Gasteiger partial charge is 0.371 e. The first-order valence-corrected chi connectivity index (χ1v) is 6.29. The van der Waals surface area contributed by atoms with Crippen LogP contribution in [-0.4, -0.2) is 15.9 Å². The van der Waals surface area contributed by atoms with Crippen LogP contribution in [0.2, 0.25) is 0 Å². The van der Waals surface area contributed by atoms with Crippen molar-refractivity contribution in [1.29, 1.82) is 0 Å². The number of aromatic nitrogens is 1. The van der Waals surface area contributed by atoms with Gasteiger partial charge < -0.3 is 4.74 Å². The lowest BCUT2D eigenvalue weighted by Crippen LogP contribution is -2.26. The molecule has 1 fully saturated rings. The molecule has 15 heavy (non-hydrogen) atoms. The maximum Gasteiger partial charge on any atom is 0.0840 e. The Morgan fingerprint density at radius 3 is 2.93 bits per heavy atom. The lowest BCUT2D eigenvalue weighted by molar-refractivity contribution is -0.0380. The van der Waals surface area contributed by atoms with Crippen molar-refractivity contribution in [3.05, 3.63) is 29.6 Å². The van der Waals surface area contributed by atoms with E-state index in [-0.39, 0.29) is 6.10 Å². The Hall–Kier alpha value is -0.410. The van der Waals surface area contributed by atoms with Crippen molar-refractivity contribution >= 4 is 15.9 Å². The fraction of sp³-hybridized carbons (Fsp3) is 0.583. The molecule has 0 spiro atoms. The monoisotopic (exact) mass is 269 g/mol. The predicted octanol–water partition coefficient (Wildman–Crippen LogP) is 3.39. The summed E-state index contributed by atoms with van der Waals surface area (Å²) < 4.78 is 5.94. The van der Waals surface area contributed by atoms with Gasteiger partial charge in [-0.15, -0.1) is 0 Å². The minimum Gasteiger partial charge on any atom is -0.371 e. The summed E-state index contributed by atoms with van der Waals surface area (Å²) in [5, 5.41) is 0. The Kier molecular flexibility index (Phi) is 3.42. The lowest BCUT2D eigenvalue weighted by atomic mass is 9.99. The lowest BCUT2D eigenvalue weighted by Gasteiger charge is -2.31. The minimum atomic E-state index is 0.222. The van der Waals surface area contributed by atoms with E-state index in [0.29, 0.717) is 10.9 Å². The van der Waals surface area contributed by atoms with Crippen LogP contribution in [0.1, 0.15) is 37.1 Å². The number of halogens is 1. The molecule has 1 aromatic rings. The summed E-state index contributed by atoms with van der Waals surface area (Å²) in [6.07, 6.45) is 4.56. The third-order valence-corrected chi connectivity index (χ3v) is 3.49. The molecule has 3 heteroatoms. The summed E-state index contributed by atoms with van der Waals surface area (Å²) in [7, 11) is 0. The molecule has 0 aliphatic carbocycles. The average molecular weight is 270 g/mol. The molecule has 0 amide bonds. The van der Waals surface area contributed by atoms with Gasteiger partial charge in [-0.2, -0.15) is 0 Å². The van der Waals surface area contributed by atoms with Crippen LogP contribution in [0.5, 0.6) is 0 Å². The molecule has 2 nitrogen and oxygen atoms in total. The highest BCUT2D eigenvalue weighted by Gasteiger charge is 2.26. The van der Waals surface area contributed by atoms with Crippen LogP contribution < -0.4 is 0 Å². The van der Waals surface area contributed by atoms with E-state index >= 15 is 0 Å². The molecule has 2 rings (SSSR count). The van der Waals surface area contributed by atoms with Crippen LogP contribution in [0.4, 0.5) is 0 Å². The molecule has 3 atom stereocenters. The number of pyridine rings is 1. The number of ether oxygens (including phenoxy) is 1. The number of rotatable bonds is 1. The molecular weight excluding hydrogens is 254 g/mol. The second kappa shape index (κ2) is 4.62. The maximum absolute atomic E-state index is 5.94. The molecule has 1 saturated heterocycles. The molecule has 0 radical (unpaired) electrons. The summed E-state index contributed by atoms with van der Waals surface area (Å²) >= 11 is 3.69. The van der Waals surface area contributed by atoms with Gasteiger partial charge in [-0.05, 0) is 44.4 Å². The maximum atomic E-state index is 5.94. The predicted molar refractivity (Wildman–Crippen MR) is 64.2 cm³/mol. The Labute approximate surface area is 99.2 Å². The van der Waals surface area contributed by atoms with E-state index in [1.165, 1.54) is 5.56 Å². The Morgan fingerprint density at radius 1 is 1.47 bits per heavy atom. The van der Waals surface area contributed by atoms with Gasteiger partial charge >= 0.3 is 0 Å². The van der Waals surface area contributed by atoms with Gasteiger partial charge in [-0.3, -0.25) is 4.98 Å². The van der Waals surface area contributed by atoms with Gasteiger partial charge in [-0.1, -0.05) is 15.9 Å². The molecule has 82 valence electrons. The summed E-state index contributed by atoms with van der Waals surface area (Å²) in [6.45, 7) is 4.15. The SMILES string of the molecule is Cc1cc(C2CC(Br)CC(C)O2)ccn1. The molecular formula is C12H16BrNO. The summed E-state index contributed by atoms with van der Waals surface area (Å²) in [5.74, 6) is 0. The zero-order valence-electron chi connectivity index (χ0n) is 9.11. The summed E-state index contributed by atoms with van der Waals surface area (Å²) in [4.78, 5) is 4.77. The molecule has 3 unspecified atom stereocenters. The standard InChI is InChI=1S/C12H16BrNO/c1-8-5-10(3-4-14-8)12-7-11(13)6-9(2)15-12/h3-5,9,11-12H,6-7H2,1-2H3. The highest BCUT2D eigenvalue weighted by molar-refractivity contribution is 9.09. The first-order valence-electron chi connectivity index (χ1n) is 5.37. The first kappa shape index (κ1) is 11.1. The second-order valence-electron chi connectivity index (χ2n) is 4.23. The van der Waals surface area contributed by atoms with Crippen molar-refractivity contribution in [2.75, 3.05) is 0 Å². The minimum absolute atomic E-state index is 0.222. The van der Waals surface area contributed by atoms with Gasteiger partial charge in [0.1, 0.15) is 0 Å². The highest BCUT2D eigenvalue weighted by Crippen LogP contribution is 2.34. The van der Waals surface area contributed by atoms with Crippen LogP contribution in [-0.2, 0) is 4.74 Å². The van der Waals surface area contributed by atoms with E-state index in [4.69, 9.17) is 4.74 Å². The smallest absolute Gasteiger partial charge is 0.0840 e. The molecule has 0 N–H and O–H groups in total. The molecule has 1 aliphatic heterocycles. The quantitative estimate of drug-likeness (QED) is 0.730. The molecule has 0 bridgehead atoms. The third kappa shape index (κ3) is 2.79. The van der Waals surface area contributed by atoms with Crippen molar-refractivity contribution in [2.24, 2.45) is 0 Å². The van der Waals surface area contributed by atoms with E-state index in [1.54, 1.807) is 0 Å². The fourth-order valence-electron chi connectivity index (χ4n) is 2.06. The Balaban J connectivity index is 2.16. The topological polar surface area (TPSA) is 22.1 Å². The normalized spacial score (nSPS) is 31.5. The number of nitrogens with zero attached hydrogens (tertiary/aromatic N) is 1. The van der Waals surface area contributed by atoms with Crippen molar-refractivity contribution in [2.45, 2.75) is 43.7 Å². The third-order valence-electron chi connectivity index (χ3n) is 2.75. The van der Waals surface area contributed by atoms with E-state index in [0.717, 1.165) is 18.5 Å². The van der Waals surface area contributed by atoms with Gasteiger partial charge in [0, 0.05) is 16.7 Å². The first-order chi connectivity index (χ1) is 7.15. The van der Waals surface area contributed by atoms with Gasteiger partial charge in [0.2, 0.25) is 0 Å². The van der Waals surface area contributed by atoms with E-state index < -0.39 is 0 Å². The fourth-order valence-corrected chi connectivity index (χ4v) is 2.93. The molecule has 0 aromatic carbocycles. The van der Waals surface area contributed by atoms with Crippen molar-refractivity contribution < 1.29 is 4.74 Å². The molecule has 2 heterocycles. The molecule has 1 aliphatic rings. The number of hydrogen-bond donors (Lipinski definition) is 0. The van der Waals surface area contributed by atoms with Crippen LogP contribution >= 0.6 is 15.9 Å². The van der Waals surface area contributed by atoms with Gasteiger partial charge in [0.05, 0.1) is 12.2 Å². The summed E-state index contributed by atoms with van der Waals surface area (Å²) in [5.41, 5.74) is 2.30. The van der Waals surface area contributed by atoms with Gasteiger partial charge in [-0.25, -0.2) is 0 Å². The van der Waals surface area contributed by atoms with Crippen LogP contribution in [0.3, 0.4) is 0 Å². The Morgan fingerprint density at radius 2 is 2.27 bits per heavy atom. The second-order valence-corrected chi connectivity index (χ2v) is 5.53. The number of alkyl halides is 1. The highest BCUT2D eigenvalue weighted by atomic mass is 79.9. The van der Waals surface area contributed by atoms with Crippen molar-refractivity contribution in [3.63, 3.8) is 0 Å². The number of hydrogen-bond acceptors (Lipinski definition) is 2. The number of aryl methyl sites for hydroxylation is 1. The van der Waals surface area contributed by atoms with Gasteiger partial charge in [0.15, 0.2) is 0 Å². The molecule has 0 saturated carbocycles. The molecule has 1 aromatic heterocycles. The van der Waals surface area contributed by atoms with E-state index in [1.807, 2.05) is 13.1 Å². The zero-order valence-corrected chi connectivity index (χ0v) is 10.7. The zero-order chi connectivity index (χ0) is 10.8. The van der Waals surface area contributed by atoms with Crippen LogP contribution in [0, 0.1) is 6.92 Å². The van der Waals surface area contributed by atoms with Crippen molar-refractivity contribution in [3.8, 4) is 0 Å². The van der Waals surface area contributed by atoms with Crippen molar-refractivity contribution in [1.82, 2.24) is 4.98 Å². The van der Waals surface area contributed by atoms with Crippen LogP contribution in [0.15, 0.2) is 18.3 Å². The van der Waals surface area contributed by atoms with Crippen LogP contribution in [0.25, 0.3) is 0 Å². The van der Waals surface area contributed by atoms with E-state index in [2.05, 4.69) is 40.0 Å². The van der Waals surface area contributed by atoms with E-state index in [9.17, 15) is 0 Å². The summed E-state index contributed by atoms with van der Waals surface area (Å²) in [6, 6.07) is 4.16.